The predicted molar refractivity (Wildman–Crippen MR) is 330 cm³/mol. The molecule has 0 aromatic heterocycles. The van der Waals surface area contributed by atoms with Crippen LogP contribution in [0.1, 0.15) is 297 Å². The van der Waals surface area contributed by atoms with Crippen LogP contribution in [0.2, 0.25) is 0 Å². The van der Waals surface area contributed by atoms with Gasteiger partial charge >= 0.3 is 17.9 Å². The van der Waals surface area contributed by atoms with E-state index >= 15 is 0 Å². The summed E-state index contributed by atoms with van der Waals surface area (Å²) in [6.45, 7) is 6.46. The van der Waals surface area contributed by atoms with E-state index in [1.807, 2.05) is 6.08 Å². The first-order chi connectivity index (χ1) is 37.5. The average Bonchev–Trinajstić information content (AvgIpc) is 3.42. The van der Waals surface area contributed by atoms with Gasteiger partial charge in [0.25, 0.3) is 0 Å². The van der Waals surface area contributed by atoms with Gasteiger partial charge in [0, 0.05) is 19.3 Å². The predicted octanol–water partition coefficient (Wildman–Crippen LogP) is 21.8. The summed E-state index contributed by atoms with van der Waals surface area (Å²) in [5, 5.41) is 0. The van der Waals surface area contributed by atoms with Gasteiger partial charge in [-0.3, -0.25) is 14.4 Å². The number of allylic oxidation sites excluding steroid dienone is 18. The van der Waals surface area contributed by atoms with Crippen LogP contribution < -0.4 is 0 Å². The molecule has 1 unspecified atom stereocenters. The zero-order valence-electron chi connectivity index (χ0n) is 49.7. The van der Waals surface area contributed by atoms with E-state index in [9.17, 15) is 14.4 Å². The lowest BCUT2D eigenvalue weighted by atomic mass is 10.0. The van der Waals surface area contributed by atoms with Crippen LogP contribution in [0.5, 0.6) is 0 Å². The van der Waals surface area contributed by atoms with Gasteiger partial charge in [0.15, 0.2) is 6.10 Å². The summed E-state index contributed by atoms with van der Waals surface area (Å²) >= 11 is 0. The maximum Gasteiger partial charge on any atom is 0.306 e. The molecule has 6 heteroatoms. The number of hydrogen-bond acceptors (Lipinski definition) is 6. The number of carbonyl (C=O) groups excluding carboxylic acids is 3. The number of carbonyl (C=O) groups is 3. The van der Waals surface area contributed by atoms with Crippen LogP contribution in [0.4, 0.5) is 0 Å². The van der Waals surface area contributed by atoms with Gasteiger partial charge in [0.05, 0.1) is 0 Å². The van der Waals surface area contributed by atoms with Crippen molar-refractivity contribution in [2.75, 3.05) is 13.2 Å². The van der Waals surface area contributed by atoms with Gasteiger partial charge < -0.3 is 14.2 Å². The summed E-state index contributed by atoms with van der Waals surface area (Å²) in [6, 6.07) is 0. The molecule has 1 atom stereocenters. The fourth-order valence-electron chi connectivity index (χ4n) is 8.73. The largest absolute Gasteiger partial charge is 0.462 e. The number of unbranched alkanes of at least 4 members (excludes halogenated alkanes) is 28. The third-order valence-corrected chi connectivity index (χ3v) is 13.5. The Morgan fingerprint density at radius 1 is 0.276 bits per heavy atom. The highest BCUT2D eigenvalue weighted by Crippen LogP contribution is 2.15. The van der Waals surface area contributed by atoms with Crippen LogP contribution in [0.3, 0.4) is 0 Å². The van der Waals surface area contributed by atoms with E-state index in [1.54, 1.807) is 0 Å². The lowest BCUT2D eigenvalue weighted by Gasteiger charge is -2.18. The van der Waals surface area contributed by atoms with Crippen LogP contribution in [0.25, 0.3) is 0 Å². The first-order valence-electron chi connectivity index (χ1n) is 31.9. The van der Waals surface area contributed by atoms with Crippen molar-refractivity contribution in [1.82, 2.24) is 0 Å². The zero-order valence-corrected chi connectivity index (χ0v) is 49.7. The monoisotopic (exact) mass is 1050 g/mol. The molecule has 0 heterocycles. The van der Waals surface area contributed by atoms with Crippen LogP contribution >= 0.6 is 0 Å². The Balaban J connectivity index is 4.47. The van der Waals surface area contributed by atoms with Crippen molar-refractivity contribution in [1.29, 1.82) is 0 Å². The maximum absolute atomic E-state index is 12.9. The molecule has 0 rings (SSSR count). The van der Waals surface area contributed by atoms with E-state index in [0.717, 1.165) is 103 Å². The van der Waals surface area contributed by atoms with E-state index in [0.29, 0.717) is 19.3 Å². The maximum atomic E-state index is 12.9. The highest BCUT2D eigenvalue weighted by molar-refractivity contribution is 5.71. The van der Waals surface area contributed by atoms with Gasteiger partial charge in [-0.25, -0.2) is 0 Å². The second kappa shape index (κ2) is 63.6. The molecule has 76 heavy (non-hydrogen) atoms. The van der Waals surface area contributed by atoms with E-state index in [1.165, 1.54) is 148 Å². The molecule has 0 bridgehead atoms. The third kappa shape index (κ3) is 60.9. The molecular weight excluding hydrogens is 937 g/mol. The van der Waals surface area contributed by atoms with Gasteiger partial charge in [-0.05, 0) is 116 Å². The lowest BCUT2D eigenvalue weighted by molar-refractivity contribution is -0.166. The molecule has 6 nitrogen and oxygen atoms in total. The molecule has 0 aliphatic carbocycles. The SMILES string of the molecule is CC/C=C\C/C=C\C/C=C\C/C=C\C/C=C\C/C=C\CCC(=O)OC(COC(=O)CCCCCCC/C=C\C/C=C\CCCCCC)COC(=O)CCCCCCCCCCCCC/C=C\CCCCCCCCCC. The van der Waals surface area contributed by atoms with Crippen LogP contribution in [0.15, 0.2) is 109 Å². The molecule has 0 aromatic carbocycles. The second-order valence-corrected chi connectivity index (χ2v) is 20.9. The Hall–Kier alpha value is -3.93. The highest BCUT2D eigenvalue weighted by Gasteiger charge is 2.19. The first-order valence-corrected chi connectivity index (χ1v) is 31.9. The fourth-order valence-corrected chi connectivity index (χ4v) is 8.73. The molecule has 434 valence electrons. The van der Waals surface area contributed by atoms with Crippen molar-refractivity contribution < 1.29 is 28.6 Å². The smallest absolute Gasteiger partial charge is 0.306 e. The summed E-state index contributed by atoms with van der Waals surface area (Å²) in [7, 11) is 0. The topological polar surface area (TPSA) is 78.9 Å². The van der Waals surface area contributed by atoms with E-state index in [-0.39, 0.29) is 31.6 Å². The van der Waals surface area contributed by atoms with Crippen molar-refractivity contribution in [2.45, 2.75) is 303 Å². The van der Waals surface area contributed by atoms with Crippen molar-refractivity contribution in [3.63, 3.8) is 0 Å². The minimum Gasteiger partial charge on any atom is -0.462 e. The molecule has 0 spiro atoms. The fraction of sp³-hybridized carbons (Fsp3) is 0.700. The van der Waals surface area contributed by atoms with Crippen LogP contribution in [-0.4, -0.2) is 37.2 Å². The molecule has 0 fully saturated rings. The molecule has 0 saturated heterocycles. The zero-order chi connectivity index (χ0) is 55.0. The first kappa shape index (κ1) is 72.1. The number of ether oxygens (including phenoxy) is 3. The van der Waals surface area contributed by atoms with Gasteiger partial charge in [-0.15, -0.1) is 0 Å². The second-order valence-electron chi connectivity index (χ2n) is 20.9. The molecule has 0 radical (unpaired) electrons. The summed E-state index contributed by atoms with van der Waals surface area (Å²) in [6.07, 6.45) is 86.8. The standard InChI is InChI=1S/C70H118O6/c1-4-7-10-13-16-19-22-25-28-31-33-34-35-36-38-39-42-45-48-51-54-57-60-63-69(72)75-66-67(65-74-68(71)62-59-56-53-50-47-44-41-30-27-24-21-18-15-12-9-6-3)76-70(73)64-61-58-55-52-49-46-43-40-37-32-29-26-23-20-17-14-11-8-5-2/h8,11,17,20-21,24,26,29-31,33,37,40-41,46,49,55,58,67H,4-7,9-10,12-16,18-19,22-23,25,27-28,32,34-36,38-39,42-45,47-48,50-54,56-57,59-66H2,1-3H3/b11-8-,20-17-,24-21-,29-26-,33-31-,40-37-,41-30-,49-46-,58-55-. The Kier molecular flexibility index (Phi) is 60.3. The minimum absolute atomic E-state index is 0.113. The average molecular weight is 1060 g/mol. The molecular formula is C70H118O6. The third-order valence-electron chi connectivity index (χ3n) is 13.5. The Morgan fingerprint density at radius 3 is 0.882 bits per heavy atom. The molecule has 0 saturated carbocycles. The quantitative estimate of drug-likeness (QED) is 0.0261. The van der Waals surface area contributed by atoms with Crippen molar-refractivity contribution in [2.24, 2.45) is 0 Å². The summed E-state index contributed by atoms with van der Waals surface area (Å²) in [4.78, 5) is 38.3. The Morgan fingerprint density at radius 2 is 0.539 bits per heavy atom. The molecule has 0 N–H and O–H groups in total. The van der Waals surface area contributed by atoms with E-state index in [2.05, 4.69) is 124 Å². The van der Waals surface area contributed by atoms with E-state index in [4.69, 9.17) is 14.2 Å². The highest BCUT2D eigenvalue weighted by atomic mass is 16.6. The molecule has 0 amide bonds. The minimum atomic E-state index is -0.828. The van der Waals surface area contributed by atoms with Crippen LogP contribution in [0, 0.1) is 0 Å². The Labute approximate surface area is 470 Å². The number of hydrogen-bond donors (Lipinski definition) is 0. The molecule has 0 aliphatic heterocycles. The van der Waals surface area contributed by atoms with Crippen molar-refractivity contribution in [3.05, 3.63) is 109 Å². The molecule has 0 aromatic rings. The van der Waals surface area contributed by atoms with Gasteiger partial charge in [0.1, 0.15) is 13.2 Å². The van der Waals surface area contributed by atoms with Gasteiger partial charge in [-0.2, -0.15) is 0 Å². The van der Waals surface area contributed by atoms with Crippen molar-refractivity contribution in [3.8, 4) is 0 Å². The van der Waals surface area contributed by atoms with E-state index < -0.39 is 12.1 Å². The summed E-state index contributed by atoms with van der Waals surface area (Å²) < 4.78 is 16.8. The summed E-state index contributed by atoms with van der Waals surface area (Å²) in [5.74, 6) is -1.01. The number of rotatable bonds is 57. The normalized spacial score (nSPS) is 12.8. The van der Waals surface area contributed by atoms with Gasteiger partial charge in [0.2, 0.25) is 0 Å². The Bertz CT molecular complexity index is 1540. The van der Waals surface area contributed by atoms with Crippen molar-refractivity contribution >= 4 is 17.9 Å². The number of esters is 3. The summed E-state index contributed by atoms with van der Waals surface area (Å²) in [5.41, 5.74) is 0. The van der Waals surface area contributed by atoms with Crippen LogP contribution in [-0.2, 0) is 28.6 Å². The van der Waals surface area contributed by atoms with Gasteiger partial charge in [-0.1, -0.05) is 271 Å². The lowest BCUT2D eigenvalue weighted by Crippen LogP contribution is -2.30. The molecule has 0 aliphatic rings.